The smallest absolute Gasteiger partial charge is 0.0791 e. The first-order valence-electron chi connectivity index (χ1n) is 5.84. The second kappa shape index (κ2) is 7.40. The van der Waals surface area contributed by atoms with E-state index >= 15 is 0 Å². The van der Waals surface area contributed by atoms with Gasteiger partial charge in [-0.05, 0) is 25.2 Å². The number of hydrogen-bond acceptors (Lipinski definition) is 4. The molecule has 17 heavy (non-hydrogen) atoms. The summed E-state index contributed by atoms with van der Waals surface area (Å²) >= 11 is 0. The predicted molar refractivity (Wildman–Crippen MR) is 68.6 cm³/mol. The summed E-state index contributed by atoms with van der Waals surface area (Å²) in [6, 6.07) is 7.79. The molecular formula is C13H22N2O2. The van der Waals surface area contributed by atoms with Gasteiger partial charge in [0, 0.05) is 19.6 Å². The van der Waals surface area contributed by atoms with E-state index in [0.717, 1.165) is 17.7 Å². The Labute approximate surface area is 103 Å². The standard InChI is InChI=1S/C13H22N2O2/c1-15(2)9-13(17)8-14-7-11-3-5-12(10-16)6-4-11/h3-6,13-14,16-17H,7-10H2,1-2H3. The molecule has 0 aliphatic heterocycles. The number of nitrogens with one attached hydrogen (secondary N) is 1. The Balaban J connectivity index is 2.25. The van der Waals surface area contributed by atoms with E-state index in [1.165, 1.54) is 0 Å². The van der Waals surface area contributed by atoms with Gasteiger partial charge in [0.05, 0.1) is 12.7 Å². The molecule has 0 aromatic heterocycles. The SMILES string of the molecule is CN(C)CC(O)CNCc1ccc(CO)cc1. The van der Waals surface area contributed by atoms with Crippen LogP contribution in [0.4, 0.5) is 0 Å². The van der Waals surface area contributed by atoms with Gasteiger partial charge in [-0.25, -0.2) is 0 Å². The minimum Gasteiger partial charge on any atom is -0.392 e. The molecular weight excluding hydrogens is 216 g/mol. The fourth-order valence-electron chi connectivity index (χ4n) is 1.63. The van der Waals surface area contributed by atoms with Gasteiger partial charge in [-0.2, -0.15) is 0 Å². The summed E-state index contributed by atoms with van der Waals surface area (Å²) < 4.78 is 0. The van der Waals surface area contributed by atoms with Crippen LogP contribution in [0.15, 0.2) is 24.3 Å². The van der Waals surface area contributed by atoms with E-state index in [2.05, 4.69) is 5.32 Å². The van der Waals surface area contributed by atoms with Crippen molar-refractivity contribution in [1.29, 1.82) is 0 Å². The lowest BCUT2D eigenvalue weighted by atomic mass is 10.1. The van der Waals surface area contributed by atoms with Crippen LogP contribution in [0.25, 0.3) is 0 Å². The molecule has 0 spiro atoms. The summed E-state index contributed by atoms with van der Waals surface area (Å²) in [5.41, 5.74) is 2.07. The zero-order valence-electron chi connectivity index (χ0n) is 10.6. The summed E-state index contributed by atoms with van der Waals surface area (Å²) in [6.07, 6.45) is -0.346. The molecule has 0 saturated carbocycles. The van der Waals surface area contributed by atoms with Crippen molar-refractivity contribution in [3.63, 3.8) is 0 Å². The van der Waals surface area contributed by atoms with E-state index in [9.17, 15) is 5.11 Å². The molecule has 1 aromatic rings. The number of benzene rings is 1. The van der Waals surface area contributed by atoms with Crippen molar-refractivity contribution in [3.8, 4) is 0 Å². The van der Waals surface area contributed by atoms with Crippen molar-refractivity contribution in [2.75, 3.05) is 27.2 Å². The topological polar surface area (TPSA) is 55.7 Å². The fraction of sp³-hybridized carbons (Fsp3) is 0.538. The Hall–Kier alpha value is -0.940. The lowest BCUT2D eigenvalue weighted by Crippen LogP contribution is -2.34. The van der Waals surface area contributed by atoms with Crippen LogP contribution >= 0.6 is 0 Å². The average Bonchev–Trinajstić information content (AvgIpc) is 2.29. The lowest BCUT2D eigenvalue weighted by Gasteiger charge is -2.16. The molecule has 0 fully saturated rings. The Bertz CT molecular complexity index is 312. The quantitative estimate of drug-likeness (QED) is 0.635. The van der Waals surface area contributed by atoms with E-state index in [0.29, 0.717) is 13.1 Å². The van der Waals surface area contributed by atoms with Gasteiger partial charge in [0.2, 0.25) is 0 Å². The van der Waals surface area contributed by atoms with Crippen molar-refractivity contribution in [2.45, 2.75) is 19.3 Å². The predicted octanol–water partition coefficient (Wildman–Crippen LogP) is 0.191. The number of aliphatic hydroxyl groups excluding tert-OH is 2. The summed E-state index contributed by atoms with van der Waals surface area (Å²) in [6.45, 7) is 2.06. The third-order valence-electron chi connectivity index (χ3n) is 2.49. The Morgan fingerprint density at radius 1 is 1.18 bits per heavy atom. The van der Waals surface area contributed by atoms with Gasteiger partial charge < -0.3 is 20.4 Å². The van der Waals surface area contributed by atoms with Crippen molar-refractivity contribution in [2.24, 2.45) is 0 Å². The molecule has 96 valence electrons. The zero-order chi connectivity index (χ0) is 12.7. The molecule has 1 unspecified atom stereocenters. The van der Waals surface area contributed by atoms with Crippen LogP contribution < -0.4 is 5.32 Å². The third kappa shape index (κ3) is 5.79. The molecule has 0 heterocycles. The first-order chi connectivity index (χ1) is 8.11. The molecule has 0 aliphatic rings. The molecule has 3 N–H and O–H groups in total. The van der Waals surface area contributed by atoms with Crippen LogP contribution in [-0.2, 0) is 13.2 Å². The van der Waals surface area contributed by atoms with E-state index in [4.69, 9.17) is 5.11 Å². The summed E-state index contributed by atoms with van der Waals surface area (Å²) in [5.74, 6) is 0. The van der Waals surface area contributed by atoms with E-state index in [1.807, 2.05) is 43.3 Å². The highest BCUT2D eigenvalue weighted by atomic mass is 16.3. The van der Waals surface area contributed by atoms with E-state index < -0.39 is 0 Å². The minimum absolute atomic E-state index is 0.0786. The molecule has 0 radical (unpaired) electrons. The van der Waals surface area contributed by atoms with Crippen molar-refractivity contribution < 1.29 is 10.2 Å². The van der Waals surface area contributed by atoms with Crippen LogP contribution in [0.3, 0.4) is 0 Å². The fourth-order valence-corrected chi connectivity index (χ4v) is 1.63. The first-order valence-corrected chi connectivity index (χ1v) is 5.84. The third-order valence-corrected chi connectivity index (χ3v) is 2.49. The Morgan fingerprint density at radius 3 is 2.29 bits per heavy atom. The maximum Gasteiger partial charge on any atom is 0.0791 e. The van der Waals surface area contributed by atoms with Gasteiger partial charge in [0.1, 0.15) is 0 Å². The number of nitrogens with zero attached hydrogens (tertiary/aromatic N) is 1. The normalized spacial score (nSPS) is 13.0. The lowest BCUT2D eigenvalue weighted by molar-refractivity contribution is 0.134. The van der Waals surface area contributed by atoms with Crippen LogP contribution in [0.2, 0.25) is 0 Å². The maximum atomic E-state index is 9.64. The van der Waals surface area contributed by atoms with Crippen molar-refractivity contribution in [3.05, 3.63) is 35.4 Å². The highest BCUT2D eigenvalue weighted by Crippen LogP contribution is 2.03. The molecule has 1 atom stereocenters. The first kappa shape index (κ1) is 14.1. The van der Waals surface area contributed by atoms with E-state index in [-0.39, 0.29) is 12.7 Å². The van der Waals surface area contributed by atoms with Gasteiger partial charge in [-0.15, -0.1) is 0 Å². The molecule has 0 bridgehead atoms. The molecule has 0 amide bonds. The number of aliphatic hydroxyl groups is 2. The summed E-state index contributed by atoms with van der Waals surface area (Å²) in [4.78, 5) is 1.96. The monoisotopic (exact) mass is 238 g/mol. The highest BCUT2D eigenvalue weighted by molar-refractivity contribution is 5.21. The zero-order valence-corrected chi connectivity index (χ0v) is 10.6. The second-order valence-corrected chi connectivity index (χ2v) is 4.52. The molecule has 1 rings (SSSR count). The summed E-state index contributed by atoms with van der Waals surface area (Å²) in [5, 5.41) is 21.8. The highest BCUT2D eigenvalue weighted by Gasteiger charge is 2.04. The van der Waals surface area contributed by atoms with Gasteiger partial charge in [0.25, 0.3) is 0 Å². The number of likely N-dealkylation sites (N-methyl/N-ethyl adjacent to an activating group) is 1. The number of rotatable bonds is 7. The Kier molecular flexibility index (Phi) is 6.15. The molecule has 4 nitrogen and oxygen atoms in total. The van der Waals surface area contributed by atoms with Crippen LogP contribution in [-0.4, -0.2) is 48.4 Å². The molecule has 0 aliphatic carbocycles. The van der Waals surface area contributed by atoms with Gasteiger partial charge >= 0.3 is 0 Å². The minimum atomic E-state index is -0.346. The Morgan fingerprint density at radius 2 is 1.76 bits per heavy atom. The van der Waals surface area contributed by atoms with E-state index in [1.54, 1.807) is 0 Å². The van der Waals surface area contributed by atoms with Crippen molar-refractivity contribution in [1.82, 2.24) is 10.2 Å². The van der Waals surface area contributed by atoms with Gasteiger partial charge in [-0.1, -0.05) is 24.3 Å². The summed E-state index contributed by atoms with van der Waals surface area (Å²) in [7, 11) is 3.88. The molecule has 0 saturated heterocycles. The van der Waals surface area contributed by atoms with Crippen LogP contribution in [0, 0.1) is 0 Å². The van der Waals surface area contributed by atoms with Gasteiger partial charge in [-0.3, -0.25) is 0 Å². The average molecular weight is 238 g/mol. The maximum absolute atomic E-state index is 9.64. The van der Waals surface area contributed by atoms with Crippen LogP contribution in [0.1, 0.15) is 11.1 Å². The van der Waals surface area contributed by atoms with Crippen LogP contribution in [0.5, 0.6) is 0 Å². The number of hydrogen-bond donors (Lipinski definition) is 3. The second-order valence-electron chi connectivity index (χ2n) is 4.52. The largest absolute Gasteiger partial charge is 0.392 e. The molecule has 4 heteroatoms. The van der Waals surface area contributed by atoms with Crippen molar-refractivity contribution >= 4 is 0 Å². The molecule has 1 aromatic carbocycles. The van der Waals surface area contributed by atoms with Gasteiger partial charge in [0.15, 0.2) is 0 Å².